The van der Waals surface area contributed by atoms with Crippen molar-refractivity contribution < 1.29 is 18.3 Å². The number of nitrogen functional groups attached to an aromatic ring is 2. The van der Waals surface area contributed by atoms with Gasteiger partial charge in [0.25, 0.3) is 0 Å². The highest BCUT2D eigenvalue weighted by Gasteiger charge is 2.22. The second-order valence-electron chi connectivity index (χ2n) is 8.25. The molecule has 4 N–H and O–H groups in total. The van der Waals surface area contributed by atoms with Gasteiger partial charge in [0.2, 0.25) is 0 Å². The van der Waals surface area contributed by atoms with E-state index in [4.69, 9.17) is 67.3 Å². The van der Waals surface area contributed by atoms with Crippen molar-refractivity contribution in [2.24, 2.45) is 0 Å². The molecule has 4 aromatic rings. The van der Waals surface area contributed by atoms with Crippen molar-refractivity contribution >= 4 is 58.0 Å². The number of aromatic nitrogens is 2. The first-order valence-corrected chi connectivity index (χ1v) is 12.6. The molecule has 0 aliphatic carbocycles. The highest BCUT2D eigenvalue weighted by molar-refractivity contribution is 6.36. The van der Waals surface area contributed by atoms with Crippen LogP contribution in [0.25, 0.3) is 11.1 Å². The summed E-state index contributed by atoms with van der Waals surface area (Å²) in [7, 11) is 0. The average Bonchev–Trinajstić information content (AvgIpc) is 2.87. The van der Waals surface area contributed by atoms with Gasteiger partial charge in [0.1, 0.15) is 23.8 Å². The Morgan fingerprint density at radius 1 is 0.684 bits per heavy atom. The quantitative estimate of drug-likeness (QED) is 0.207. The van der Waals surface area contributed by atoms with Gasteiger partial charge in [0.05, 0.1) is 10.0 Å². The van der Waals surface area contributed by atoms with E-state index in [1.54, 1.807) is 26.0 Å². The monoisotopic (exact) mass is 598 g/mol. The van der Waals surface area contributed by atoms with E-state index in [9.17, 15) is 8.78 Å². The summed E-state index contributed by atoms with van der Waals surface area (Å²) in [5.41, 5.74) is 13.7. The first kappa shape index (κ1) is 28.0. The molecule has 0 aliphatic rings. The van der Waals surface area contributed by atoms with Crippen LogP contribution >= 0.6 is 46.4 Å². The normalized spacial score (nSPS) is 12.7. The fourth-order valence-electron chi connectivity index (χ4n) is 3.74. The maximum atomic E-state index is 14.0. The molecule has 0 unspecified atom stereocenters. The molecule has 6 nitrogen and oxygen atoms in total. The van der Waals surface area contributed by atoms with Crippen molar-refractivity contribution in [2.75, 3.05) is 11.5 Å². The third-order valence-electron chi connectivity index (χ3n) is 5.68. The van der Waals surface area contributed by atoms with Gasteiger partial charge in [-0.15, -0.1) is 0 Å². The summed E-state index contributed by atoms with van der Waals surface area (Å²) in [5, 5.41) is 0.183. The number of hydrogen-bond acceptors (Lipinski definition) is 6. The highest BCUT2D eigenvalue weighted by atomic mass is 35.5. The highest BCUT2D eigenvalue weighted by Crippen LogP contribution is 2.39. The number of hydrogen-bond donors (Lipinski definition) is 2. The van der Waals surface area contributed by atoms with Gasteiger partial charge in [-0.2, -0.15) is 0 Å². The van der Waals surface area contributed by atoms with Crippen molar-refractivity contribution in [3.05, 3.63) is 91.6 Å². The largest absolute Gasteiger partial charge is 0.482 e. The van der Waals surface area contributed by atoms with E-state index in [0.29, 0.717) is 11.1 Å². The third kappa shape index (κ3) is 5.68. The summed E-state index contributed by atoms with van der Waals surface area (Å²) < 4.78 is 39.9. The van der Waals surface area contributed by atoms with Gasteiger partial charge in [-0.3, -0.25) is 0 Å². The minimum atomic E-state index is -0.755. The molecule has 0 saturated heterocycles. The first-order valence-electron chi connectivity index (χ1n) is 11.1. The Balaban J connectivity index is 1.64. The molecule has 2 atom stereocenters. The SMILES string of the molecule is C[C@@H](Oc1cc(-c2cnc(N)c(O[C@H](C)c3c(Cl)ccc(F)c3Cl)c2)cnc1N)c1c(Cl)ccc(F)c1Cl. The van der Waals surface area contributed by atoms with E-state index >= 15 is 0 Å². The maximum absolute atomic E-state index is 14.0. The predicted molar refractivity (Wildman–Crippen MR) is 147 cm³/mol. The first-order chi connectivity index (χ1) is 18.0. The Bertz CT molecular complexity index is 1410. The molecule has 2 heterocycles. The van der Waals surface area contributed by atoms with Crippen LogP contribution in [0, 0.1) is 11.6 Å². The van der Waals surface area contributed by atoms with Crippen LogP contribution in [0.4, 0.5) is 20.4 Å². The molecule has 0 aliphatic heterocycles. The molecular weight excluding hydrogens is 580 g/mol. The molecule has 12 heteroatoms. The second kappa shape index (κ2) is 11.4. The molecule has 38 heavy (non-hydrogen) atoms. The molecular formula is C26H20Cl4F2N4O2. The Labute approximate surface area is 237 Å². The number of ether oxygens (including phenoxy) is 2. The summed E-state index contributed by atoms with van der Waals surface area (Å²) in [6, 6.07) is 8.37. The topological polar surface area (TPSA) is 96.3 Å². The Hall–Kier alpha value is -3.04. The fraction of sp³-hybridized carbons (Fsp3) is 0.154. The lowest BCUT2D eigenvalue weighted by molar-refractivity contribution is 0.227. The van der Waals surface area contributed by atoms with Crippen LogP contribution in [0.2, 0.25) is 20.1 Å². The Morgan fingerprint density at radius 3 is 1.42 bits per heavy atom. The zero-order valence-electron chi connectivity index (χ0n) is 19.9. The summed E-state index contributed by atoms with van der Waals surface area (Å²) in [6.07, 6.45) is 1.51. The Morgan fingerprint density at radius 2 is 1.05 bits per heavy atom. The molecule has 0 radical (unpaired) electrons. The third-order valence-corrected chi connectivity index (χ3v) is 7.10. The van der Waals surface area contributed by atoms with Gasteiger partial charge < -0.3 is 20.9 Å². The van der Waals surface area contributed by atoms with Gasteiger partial charge in [0, 0.05) is 44.7 Å². The van der Waals surface area contributed by atoms with Crippen LogP contribution in [0.3, 0.4) is 0 Å². The summed E-state index contributed by atoms with van der Waals surface area (Å²) in [5.74, 6) is -0.662. The van der Waals surface area contributed by atoms with Crippen molar-refractivity contribution in [1.82, 2.24) is 9.97 Å². The molecule has 0 spiro atoms. The van der Waals surface area contributed by atoms with E-state index in [1.807, 2.05) is 0 Å². The van der Waals surface area contributed by atoms with Gasteiger partial charge >= 0.3 is 0 Å². The smallest absolute Gasteiger partial charge is 0.166 e. The van der Waals surface area contributed by atoms with Gasteiger partial charge in [-0.1, -0.05) is 46.4 Å². The van der Waals surface area contributed by atoms with E-state index in [1.165, 1.54) is 36.7 Å². The number of anilines is 2. The van der Waals surface area contributed by atoms with Crippen LogP contribution in [0.15, 0.2) is 48.8 Å². The van der Waals surface area contributed by atoms with E-state index in [0.717, 1.165) is 0 Å². The van der Waals surface area contributed by atoms with Crippen molar-refractivity contribution in [3.63, 3.8) is 0 Å². The van der Waals surface area contributed by atoms with E-state index < -0.39 is 23.8 Å². The second-order valence-corrected chi connectivity index (χ2v) is 9.82. The van der Waals surface area contributed by atoms with Gasteiger partial charge in [0.15, 0.2) is 23.1 Å². The standard InChI is InChI=1S/C26H20Cl4F2N4O2/c1-11(21-15(27)3-5-17(31)23(21)29)37-19-7-13(9-35-25(19)33)14-8-20(26(34)36-10-14)38-12(2)22-16(28)4-6-18(32)24(22)30/h3-12H,1-2H3,(H2,33,35)(H2,34,36)/t11-,12-/m1/s1. The predicted octanol–water partition coefficient (Wildman–Crippen LogP) is 8.48. The molecule has 2 aromatic carbocycles. The van der Waals surface area contributed by atoms with Crippen LogP contribution in [-0.4, -0.2) is 9.97 Å². The zero-order valence-corrected chi connectivity index (χ0v) is 22.9. The summed E-state index contributed by atoms with van der Waals surface area (Å²) in [6.45, 7) is 3.30. The minimum absolute atomic E-state index is 0.0909. The van der Waals surface area contributed by atoms with Gasteiger partial charge in [-0.05, 0) is 50.2 Å². The fourth-order valence-corrected chi connectivity index (χ4v) is 5.10. The number of rotatable bonds is 7. The lowest BCUT2D eigenvalue weighted by Gasteiger charge is -2.20. The van der Waals surface area contributed by atoms with Crippen LogP contribution in [0.1, 0.15) is 37.2 Å². The van der Waals surface area contributed by atoms with Gasteiger partial charge in [-0.25, -0.2) is 18.7 Å². The molecule has 0 bridgehead atoms. The van der Waals surface area contributed by atoms with Crippen molar-refractivity contribution in [2.45, 2.75) is 26.1 Å². The zero-order chi connectivity index (χ0) is 27.7. The number of nitrogens with two attached hydrogens (primary N) is 2. The van der Waals surface area contributed by atoms with E-state index in [2.05, 4.69) is 9.97 Å². The van der Waals surface area contributed by atoms with Crippen molar-refractivity contribution in [3.8, 4) is 22.6 Å². The van der Waals surface area contributed by atoms with Crippen LogP contribution in [-0.2, 0) is 0 Å². The van der Waals surface area contributed by atoms with E-state index in [-0.39, 0.29) is 54.4 Å². The molecule has 4 rings (SSSR count). The summed E-state index contributed by atoms with van der Waals surface area (Å²) in [4.78, 5) is 8.39. The van der Waals surface area contributed by atoms with Crippen LogP contribution < -0.4 is 20.9 Å². The lowest BCUT2D eigenvalue weighted by Crippen LogP contribution is -2.09. The molecule has 0 saturated carbocycles. The summed E-state index contributed by atoms with van der Waals surface area (Å²) >= 11 is 24.7. The molecule has 2 aromatic heterocycles. The molecule has 0 amide bonds. The maximum Gasteiger partial charge on any atom is 0.166 e. The molecule has 0 fully saturated rings. The number of nitrogens with zero attached hydrogens (tertiary/aromatic N) is 2. The van der Waals surface area contributed by atoms with Crippen molar-refractivity contribution in [1.29, 1.82) is 0 Å². The lowest BCUT2D eigenvalue weighted by atomic mass is 10.1. The number of halogens is 6. The Kier molecular flexibility index (Phi) is 8.37. The molecule has 198 valence electrons. The number of benzene rings is 2. The number of pyridine rings is 2. The van der Waals surface area contributed by atoms with Crippen LogP contribution in [0.5, 0.6) is 11.5 Å². The minimum Gasteiger partial charge on any atom is -0.482 e. The average molecular weight is 600 g/mol.